The van der Waals surface area contributed by atoms with Crippen molar-refractivity contribution in [3.05, 3.63) is 36.3 Å². The number of rotatable bonds is 4. The molecule has 3 heterocycles. The van der Waals surface area contributed by atoms with Crippen LogP contribution in [0.25, 0.3) is 11.3 Å². The van der Waals surface area contributed by atoms with Crippen molar-refractivity contribution in [3.63, 3.8) is 0 Å². The number of hydrogen-bond donors (Lipinski definition) is 2. The maximum Gasteiger partial charge on any atom is 0.0710 e. The minimum absolute atomic E-state index is 0.585. The predicted octanol–water partition coefficient (Wildman–Crippen LogP) is 1.27. The minimum Gasteiger partial charge on any atom is -0.308 e. The molecule has 19 heavy (non-hydrogen) atoms. The van der Waals surface area contributed by atoms with Crippen LogP contribution >= 0.6 is 0 Å². The highest BCUT2D eigenvalue weighted by atomic mass is 15.2. The van der Waals surface area contributed by atoms with Gasteiger partial charge in [-0.3, -0.25) is 10.1 Å². The summed E-state index contributed by atoms with van der Waals surface area (Å²) in [7, 11) is 2.17. The summed E-state index contributed by atoms with van der Waals surface area (Å²) in [5.74, 6) is 0. The topological polar surface area (TPSA) is 56.8 Å². The summed E-state index contributed by atoms with van der Waals surface area (Å²) in [6.45, 7) is 3.15. The van der Waals surface area contributed by atoms with Crippen LogP contribution in [0.5, 0.6) is 0 Å². The van der Waals surface area contributed by atoms with Crippen LogP contribution in [0, 0.1) is 0 Å². The average molecular weight is 257 g/mol. The van der Waals surface area contributed by atoms with Crippen LogP contribution in [0.1, 0.15) is 12.0 Å². The highest BCUT2D eigenvalue weighted by Gasteiger charge is 2.19. The van der Waals surface area contributed by atoms with Gasteiger partial charge in [-0.1, -0.05) is 0 Å². The van der Waals surface area contributed by atoms with Crippen molar-refractivity contribution in [2.75, 3.05) is 20.1 Å². The van der Waals surface area contributed by atoms with E-state index in [9.17, 15) is 0 Å². The van der Waals surface area contributed by atoms with Crippen LogP contribution in [0.2, 0.25) is 0 Å². The van der Waals surface area contributed by atoms with E-state index in [0.717, 1.165) is 24.3 Å². The van der Waals surface area contributed by atoms with Crippen LogP contribution < -0.4 is 5.32 Å². The van der Waals surface area contributed by atoms with Crippen LogP contribution in [-0.2, 0) is 6.54 Å². The predicted molar refractivity (Wildman–Crippen MR) is 74.6 cm³/mol. The third kappa shape index (κ3) is 2.83. The zero-order chi connectivity index (χ0) is 13.1. The van der Waals surface area contributed by atoms with E-state index < -0.39 is 0 Å². The second-order valence-electron chi connectivity index (χ2n) is 5.14. The van der Waals surface area contributed by atoms with Gasteiger partial charge in [-0.15, -0.1) is 0 Å². The molecule has 1 aliphatic heterocycles. The third-order valence-corrected chi connectivity index (χ3v) is 3.64. The van der Waals surface area contributed by atoms with Crippen molar-refractivity contribution in [2.24, 2.45) is 0 Å². The molecule has 0 aromatic carbocycles. The summed E-state index contributed by atoms with van der Waals surface area (Å²) in [5, 5.41) is 10.8. The number of H-pyrrole nitrogens is 1. The molecule has 1 atom stereocenters. The van der Waals surface area contributed by atoms with Crippen molar-refractivity contribution in [3.8, 4) is 11.3 Å². The summed E-state index contributed by atoms with van der Waals surface area (Å²) < 4.78 is 0. The molecule has 3 rings (SSSR count). The molecule has 2 aromatic heterocycles. The Morgan fingerprint density at radius 2 is 2.42 bits per heavy atom. The van der Waals surface area contributed by atoms with Gasteiger partial charge in [0.05, 0.1) is 11.9 Å². The van der Waals surface area contributed by atoms with Gasteiger partial charge in [0.15, 0.2) is 0 Å². The smallest absolute Gasteiger partial charge is 0.0710 e. The normalized spacial score (nSPS) is 19.9. The fourth-order valence-electron chi connectivity index (χ4n) is 2.56. The number of likely N-dealkylation sites (tertiary alicyclic amines) is 1. The molecule has 0 spiro atoms. The van der Waals surface area contributed by atoms with Crippen molar-refractivity contribution in [2.45, 2.75) is 19.0 Å². The molecule has 0 saturated carbocycles. The monoisotopic (exact) mass is 257 g/mol. The molecule has 100 valence electrons. The Bertz CT molecular complexity index is 522. The molecule has 5 nitrogen and oxygen atoms in total. The van der Waals surface area contributed by atoms with E-state index in [-0.39, 0.29) is 0 Å². The van der Waals surface area contributed by atoms with E-state index in [4.69, 9.17) is 0 Å². The third-order valence-electron chi connectivity index (χ3n) is 3.64. The lowest BCUT2D eigenvalue weighted by Gasteiger charge is -2.12. The van der Waals surface area contributed by atoms with Crippen molar-refractivity contribution in [1.82, 2.24) is 25.4 Å². The highest BCUT2D eigenvalue weighted by Crippen LogP contribution is 2.20. The summed E-state index contributed by atoms with van der Waals surface area (Å²) in [6, 6.07) is 4.58. The van der Waals surface area contributed by atoms with Crippen molar-refractivity contribution < 1.29 is 0 Å². The standard InChI is InChI=1S/C14H19N5/c1-19-6-4-13(10-19)16-8-12-9-17-18-14(12)11-3-2-5-15-7-11/h2-3,5,7,9,13,16H,4,6,8,10H2,1H3,(H,17,18). The first-order valence-corrected chi connectivity index (χ1v) is 6.67. The van der Waals surface area contributed by atoms with E-state index >= 15 is 0 Å². The van der Waals surface area contributed by atoms with Gasteiger partial charge in [0.1, 0.15) is 0 Å². The summed E-state index contributed by atoms with van der Waals surface area (Å²) >= 11 is 0. The van der Waals surface area contributed by atoms with Crippen LogP contribution in [0.3, 0.4) is 0 Å². The Morgan fingerprint density at radius 3 is 3.16 bits per heavy atom. The lowest BCUT2D eigenvalue weighted by molar-refractivity contribution is 0.398. The molecule has 0 radical (unpaired) electrons. The number of nitrogens with one attached hydrogen (secondary N) is 2. The second-order valence-corrected chi connectivity index (χ2v) is 5.14. The molecular formula is C14H19N5. The van der Waals surface area contributed by atoms with Gasteiger partial charge < -0.3 is 10.2 Å². The van der Waals surface area contributed by atoms with E-state index in [1.165, 1.54) is 18.5 Å². The van der Waals surface area contributed by atoms with E-state index in [1.54, 1.807) is 6.20 Å². The van der Waals surface area contributed by atoms with Crippen molar-refractivity contribution in [1.29, 1.82) is 0 Å². The molecule has 2 N–H and O–H groups in total. The fourth-order valence-corrected chi connectivity index (χ4v) is 2.56. The van der Waals surface area contributed by atoms with Gasteiger partial charge in [-0.2, -0.15) is 5.10 Å². The van der Waals surface area contributed by atoms with Gasteiger partial charge in [-0.05, 0) is 32.1 Å². The van der Waals surface area contributed by atoms with Gasteiger partial charge in [0, 0.05) is 42.7 Å². The Kier molecular flexibility index (Phi) is 3.57. The first kappa shape index (κ1) is 12.3. The summed E-state index contributed by atoms with van der Waals surface area (Å²) in [6.07, 6.45) is 6.76. The van der Waals surface area contributed by atoms with Crippen LogP contribution in [0.4, 0.5) is 0 Å². The zero-order valence-electron chi connectivity index (χ0n) is 11.1. The molecule has 1 aliphatic rings. The van der Waals surface area contributed by atoms with Crippen molar-refractivity contribution >= 4 is 0 Å². The highest BCUT2D eigenvalue weighted by molar-refractivity contribution is 5.61. The van der Waals surface area contributed by atoms with Gasteiger partial charge in [0.25, 0.3) is 0 Å². The molecule has 1 fully saturated rings. The maximum absolute atomic E-state index is 4.16. The lowest BCUT2D eigenvalue weighted by atomic mass is 10.1. The number of pyridine rings is 1. The minimum atomic E-state index is 0.585. The molecule has 2 aromatic rings. The van der Waals surface area contributed by atoms with Gasteiger partial charge >= 0.3 is 0 Å². The number of nitrogens with zero attached hydrogens (tertiary/aromatic N) is 3. The lowest BCUT2D eigenvalue weighted by Crippen LogP contribution is -2.30. The largest absolute Gasteiger partial charge is 0.308 e. The number of hydrogen-bond acceptors (Lipinski definition) is 4. The van der Waals surface area contributed by atoms with E-state index in [0.29, 0.717) is 6.04 Å². The first-order valence-electron chi connectivity index (χ1n) is 6.67. The average Bonchev–Trinajstić information content (AvgIpc) is 3.06. The molecule has 5 heteroatoms. The molecule has 0 amide bonds. The summed E-state index contributed by atoms with van der Waals surface area (Å²) in [5.41, 5.74) is 3.34. The molecule has 0 bridgehead atoms. The number of aromatic nitrogens is 3. The van der Waals surface area contributed by atoms with Crippen LogP contribution in [-0.4, -0.2) is 46.3 Å². The number of likely N-dealkylation sites (N-methyl/N-ethyl adjacent to an activating group) is 1. The zero-order valence-corrected chi connectivity index (χ0v) is 11.1. The Labute approximate surface area is 113 Å². The molecular weight excluding hydrogens is 238 g/mol. The van der Waals surface area contributed by atoms with Crippen LogP contribution in [0.15, 0.2) is 30.7 Å². The summed E-state index contributed by atoms with van der Waals surface area (Å²) in [4.78, 5) is 6.51. The van der Waals surface area contributed by atoms with Gasteiger partial charge in [0.2, 0.25) is 0 Å². The molecule has 0 aliphatic carbocycles. The second kappa shape index (κ2) is 5.50. The maximum atomic E-state index is 4.16. The SMILES string of the molecule is CN1CCC(NCc2cn[nH]c2-c2cccnc2)C1. The Balaban J connectivity index is 1.67. The number of aromatic amines is 1. The molecule has 1 saturated heterocycles. The van der Waals surface area contributed by atoms with E-state index in [2.05, 4.69) is 32.4 Å². The Morgan fingerprint density at radius 1 is 1.47 bits per heavy atom. The quantitative estimate of drug-likeness (QED) is 0.866. The van der Waals surface area contributed by atoms with Gasteiger partial charge in [-0.25, -0.2) is 0 Å². The van der Waals surface area contributed by atoms with E-state index in [1.807, 2.05) is 24.5 Å². The fraction of sp³-hybridized carbons (Fsp3) is 0.429. The first-order chi connectivity index (χ1) is 9.33. The molecule has 1 unspecified atom stereocenters. The Hall–Kier alpha value is -1.72.